The number of carbonyl (C=O) groups excluding carboxylic acids is 1. The van der Waals surface area contributed by atoms with Crippen molar-refractivity contribution in [1.82, 2.24) is 10.3 Å². The maximum absolute atomic E-state index is 12.3. The molecule has 0 aromatic carbocycles. The van der Waals surface area contributed by atoms with Gasteiger partial charge in [-0.05, 0) is 18.3 Å². The lowest BCUT2D eigenvalue weighted by Crippen LogP contribution is -2.33. The van der Waals surface area contributed by atoms with Crippen molar-refractivity contribution < 1.29 is 13.2 Å². The van der Waals surface area contributed by atoms with Gasteiger partial charge in [0, 0.05) is 23.5 Å². The Labute approximate surface area is 136 Å². The van der Waals surface area contributed by atoms with E-state index in [9.17, 15) is 13.2 Å². The van der Waals surface area contributed by atoms with Crippen LogP contribution in [0.5, 0.6) is 0 Å². The lowest BCUT2D eigenvalue weighted by molar-refractivity contribution is -0.124. The number of hydrogen-bond donors (Lipinski definition) is 1. The van der Waals surface area contributed by atoms with Gasteiger partial charge in [-0.1, -0.05) is 33.6 Å². The van der Waals surface area contributed by atoms with Crippen molar-refractivity contribution in [3.63, 3.8) is 0 Å². The molecule has 0 radical (unpaired) electrons. The molecule has 0 unspecified atom stereocenters. The van der Waals surface area contributed by atoms with Crippen LogP contribution in [0, 0.1) is 5.92 Å². The molecule has 1 fully saturated rings. The maximum Gasteiger partial charge on any atom is 0.223 e. The molecule has 5 nitrogen and oxygen atoms in total. The Kier molecular flexibility index (Phi) is 5.27. The molecule has 22 heavy (non-hydrogen) atoms. The number of sulfone groups is 1. The molecule has 1 aliphatic rings. The van der Waals surface area contributed by atoms with Crippen LogP contribution >= 0.6 is 11.3 Å². The monoisotopic (exact) mass is 344 g/mol. The van der Waals surface area contributed by atoms with Gasteiger partial charge >= 0.3 is 0 Å². The molecule has 0 atom stereocenters. The Bertz CT molecular complexity index is 623. The standard InChI is InChI=1S/C15H24N2O3S2/c1-15(2,3)12-10-17-14(21-12)22(19,20)9-8-16-13(18)11-6-4-5-7-11/h10-11H,4-9H2,1-3H3,(H,16,18). The highest BCUT2D eigenvalue weighted by Crippen LogP contribution is 2.30. The zero-order valence-corrected chi connectivity index (χ0v) is 15.0. The van der Waals surface area contributed by atoms with Gasteiger partial charge in [0.1, 0.15) is 0 Å². The topological polar surface area (TPSA) is 76.1 Å². The van der Waals surface area contributed by atoms with Gasteiger partial charge in [-0.15, -0.1) is 11.3 Å². The van der Waals surface area contributed by atoms with Gasteiger partial charge in [-0.2, -0.15) is 0 Å². The quantitative estimate of drug-likeness (QED) is 0.890. The van der Waals surface area contributed by atoms with E-state index in [1.807, 2.05) is 20.8 Å². The molecule has 1 aliphatic carbocycles. The van der Waals surface area contributed by atoms with E-state index in [2.05, 4.69) is 10.3 Å². The molecule has 1 aromatic heterocycles. The number of amides is 1. The summed E-state index contributed by atoms with van der Waals surface area (Å²) in [5.41, 5.74) is -0.109. The Morgan fingerprint density at radius 1 is 1.36 bits per heavy atom. The SMILES string of the molecule is CC(C)(C)c1cnc(S(=O)(=O)CCNC(=O)C2CCCC2)s1. The van der Waals surface area contributed by atoms with Crippen LogP contribution in [0.15, 0.2) is 10.5 Å². The first-order valence-corrected chi connectivity index (χ1v) is 10.1. The Morgan fingerprint density at radius 2 is 2.00 bits per heavy atom. The Morgan fingerprint density at radius 3 is 2.55 bits per heavy atom. The van der Waals surface area contributed by atoms with E-state index in [0.717, 1.165) is 30.6 Å². The summed E-state index contributed by atoms with van der Waals surface area (Å²) in [6.07, 6.45) is 5.64. The number of aromatic nitrogens is 1. The van der Waals surface area contributed by atoms with Crippen LogP contribution in [-0.4, -0.2) is 31.6 Å². The van der Waals surface area contributed by atoms with Crippen LogP contribution in [0.3, 0.4) is 0 Å². The zero-order chi connectivity index (χ0) is 16.4. The Balaban J connectivity index is 1.91. The predicted octanol–water partition coefficient (Wildman–Crippen LogP) is 2.52. The van der Waals surface area contributed by atoms with E-state index in [4.69, 9.17) is 0 Å². The second-order valence-corrected chi connectivity index (χ2v) is 10.1. The summed E-state index contributed by atoms with van der Waals surface area (Å²) in [6, 6.07) is 0. The van der Waals surface area contributed by atoms with E-state index in [-0.39, 0.29) is 33.9 Å². The van der Waals surface area contributed by atoms with Gasteiger partial charge in [0.15, 0.2) is 0 Å². The van der Waals surface area contributed by atoms with Crippen molar-refractivity contribution in [3.8, 4) is 0 Å². The third-order valence-electron chi connectivity index (χ3n) is 3.89. The van der Waals surface area contributed by atoms with Crippen molar-refractivity contribution in [1.29, 1.82) is 0 Å². The Hall–Kier alpha value is -0.950. The van der Waals surface area contributed by atoms with Gasteiger partial charge in [-0.25, -0.2) is 13.4 Å². The number of thiazole rings is 1. The molecule has 1 saturated carbocycles. The first-order valence-electron chi connectivity index (χ1n) is 7.67. The van der Waals surface area contributed by atoms with Gasteiger partial charge < -0.3 is 5.32 Å². The highest BCUT2D eigenvalue weighted by molar-refractivity contribution is 7.93. The molecule has 0 spiro atoms. The van der Waals surface area contributed by atoms with Crippen LogP contribution in [0.4, 0.5) is 0 Å². The van der Waals surface area contributed by atoms with Crippen molar-refractivity contribution in [2.24, 2.45) is 5.92 Å². The first-order chi connectivity index (χ1) is 10.2. The first kappa shape index (κ1) is 17.4. The minimum Gasteiger partial charge on any atom is -0.355 e. The summed E-state index contributed by atoms with van der Waals surface area (Å²) in [6.45, 7) is 6.23. The van der Waals surface area contributed by atoms with Crippen LogP contribution in [0.1, 0.15) is 51.3 Å². The van der Waals surface area contributed by atoms with E-state index >= 15 is 0 Å². The summed E-state index contributed by atoms with van der Waals surface area (Å²) >= 11 is 1.22. The van der Waals surface area contributed by atoms with Crippen LogP contribution in [0.2, 0.25) is 0 Å². The fourth-order valence-corrected chi connectivity index (χ4v) is 4.97. The van der Waals surface area contributed by atoms with Gasteiger partial charge in [0.2, 0.25) is 20.1 Å². The number of nitrogens with one attached hydrogen (secondary N) is 1. The zero-order valence-electron chi connectivity index (χ0n) is 13.4. The molecule has 1 amide bonds. The minimum absolute atomic E-state index is 0.0118. The highest BCUT2D eigenvalue weighted by atomic mass is 32.2. The number of hydrogen-bond acceptors (Lipinski definition) is 5. The third kappa shape index (κ3) is 4.29. The van der Waals surface area contributed by atoms with E-state index < -0.39 is 9.84 Å². The molecule has 1 heterocycles. The molecule has 124 valence electrons. The van der Waals surface area contributed by atoms with Gasteiger partial charge in [0.25, 0.3) is 0 Å². The molecule has 0 saturated heterocycles. The molecule has 2 rings (SSSR count). The smallest absolute Gasteiger partial charge is 0.223 e. The van der Waals surface area contributed by atoms with Crippen molar-refractivity contribution >= 4 is 27.1 Å². The van der Waals surface area contributed by atoms with Gasteiger partial charge in [0.05, 0.1) is 5.75 Å². The summed E-state index contributed by atoms with van der Waals surface area (Å²) in [4.78, 5) is 16.9. The maximum atomic E-state index is 12.3. The predicted molar refractivity (Wildman–Crippen MR) is 87.8 cm³/mol. The largest absolute Gasteiger partial charge is 0.355 e. The lowest BCUT2D eigenvalue weighted by Gasteiger charge is -2.14. The molecule has 0 aliphatic heterocycles. The number of nitrogens with zero attached hydrogens (tertiary/aromatic N) is 1. The average molecular weight is 345 g/mol. The van der Waals surface area contributed by atoms with E-state index in [0.29, 0.717) is 0 Å². The number of carbonyl (C=O) groups is 1. The molecule has 0 bridgehead atoms. The van der Waals surface area contributed by atoms with Crippen molar-refractivity contribution in [3.05, 3.63) is 11.1 Å². The fraction of sp³-hybridized carbons (Fsp3) is 0.733. The van der Waals surface area contributed by atoms with Crippen molar-refractivity contribution in [2.75, 3.05) is 12.3 Å². The minimum atomic E-state index is -3.43. The second kappa shape index (κ2) is 6.66. The molecular formula is C15H24N2O3S2. The summed E-state index contributed by atoms with van der Waals surface area (Å²) < 4.78 is 24.7. The second-order valence-electron chi connectivity index (χ2n) is 6.83. The fourth-order valence-electron chi connectivity index (χ4n) is 2.48. The van der Waals surface area contributed by atoms with Crippen LogP contribution < -0.4 is 5.32 Å². The number of rotatable bonds is 5. The normalized spacial score (nSPS) is 16.9. The van der Waals surface area contributed by atoms with Gasteiger partial charge in [-0.3, -0.25) is 4.79 Å². The summed E-state index contributed by atoms with van der Waals surface area (Å²) in [5.74, 6) is -0.0416. The molecule has 7 heteroatoms. The summed E-state index contributed by atoms with van der Waals surface area (Å²) in [5, 5.41) is 2.75. The average Bonchev–Trinajstić information content (AvgIpc) is 3.09. The van der Waals surface area contributed by atoms with E-state index in [1.54, 1.807) is 6.20 Å². The highest BCUT2D eigenvalue weighted by Gasteiger charge is 2.25. The molecule has 1 N–H and O–H groups in total. The van der Waals surface area contributed by atoms with Crippen LogP contribution in [0.25, 0.3) is 0 Å². The summed E-state index contributed by atoms with van der Waals surface area (Å²) in [7, 11) is -3.43. The molecule has 1 aromatic rings. The van der Waals surface area contributed by atoms with Crippen molar-refractivity contribution in [2.45, 2.75) is 56.2 Å². The van der Waals surface area contributed by atoms with E-state index in [1.165, 1.54) is 11.3 Å². The third-order valence-corrected chi connectivity index (χ3v) is 7.49. The lowest BCUT2D eigenvalue weighted by atomic mass is 9.96. The van der Waals surface area contributed by atoms with Crippen LogP contribution in [-0.2, 0) is 20.0 Å². The molecular weight excluding hydrogens is 320 g/mol.